The molecule has 1 aromatic carbocycles. The van der Waals surface area contributed by atoms with E-state index in [2.05, 4.69) is 42.2 Å². The van der Waals surface area contributed by atoms with Crippen LogP contribution in [0.25, 0.3) is 0 Å². The van der Waals surface area contributed by atoms with Crippen molar-refractivity contribution >= 4 is 43.2 Å². The van der Waals surface area contributed by atoms with Crippen LogP contribution < -0.4 is 5.32 Å². The standard InChI is InChI=1S/C13H11Br2N3O2/c1-8-2-3-10(5-13(8)18(19)20)16-7-12-11(15)4-9(14)6-17-12/h2-6,16H,7H2,1H3. The molecule has 5 nitrogen and oxygen atoms in total. The second-order valence-corrected chi connectivity index (χ2v) is 5.96. The van der Waals surface area contributed by atoms with Gasteiger partial charge in [0.2, 0.25) is 0 Å². The summed E-state index contributed by atoms with van der Waals surface area (Å²) in [7, 11) is 0. The van der Waals surface area contributed by atoms with Gasteiger partial charge in [0.15, 0.2) is 0 Å². The Labute approximate surface area is 132 Å². The van der Waals surface area contributed by atoms with Crippen LogP contribution in [0.3, 0.4) is 0 Å². The van der Waals surface area contributed by atoms with Crippen LogP contribution in [0.5, 0.6) is 0 Å². The number of aryl methyl sites for hydroxylation is 1. The molecule has 0 saturated heterocycles. The highest BCUT2D eigenvalue weighted by atomic mass is 79.9. The number of nitrogens with zero attached hydrogens (tertiary/aromatic N) is 2. The molecule has 0 amide bonds. The number of rotatable bonds is 4. The minimum Gasteiger partial charge on any atom is -0.379 e. The van der Waals surface area contributed by atoms with E-state index in [4.69, 9.17) is 0 Å². The number of nitro groups is 1. The summed E-state index contributed by atoms with van der Waals surface area (Å²) in [6.45, 7) is 2.20. The van der Waals surface area contributed by atoms with E-state index in [-0.39, 0.29) is 10.6 Å². The summed E-state index contributed by atoms with van der Waals surface area (Å²) in [6, 6.07) is 6.98. The summed E-state index contributed by atoms with van der Waals surface area (Å²) < 4.78 is 1.76. The van der Waals surface area contributed by atoms with Crippen molar-refractivity contribution in [3.05, 3.63) is 60.8 Å². The Morgan fingerprint density at radius 1 is 1.35 bits per heavy atom. The molecule has 0 unspecified atom stereocenters. The highest BCUT2D eigenvalue weighted by Gasteiger charge is 2.11. The summed E-state index contributed by atoms with van der Waals surface area (Å²) in [4.78, 5) is 14.8. The molecule has 2 rings (SSSR count). The quantitative estimate of drug-likeness (QED) is 0.608. The molecule has 1 heterocycles. The predicted molar refractivity (Wildman–Crippen MR) is 84.8 cm³/mol. The molecule has 1 aromatic heterocycles. The maximum Gasteiger partial charge on any atom is 0.274 e. The fourth-order valence-electron chi connectivity index (χ4n) is 1.67. The van der Waals surface area contributed by atoms with E-state index < -0.39 is 0 Å². The van der Waals surface area contributed by atoms with Crippen molar-refractivity contribution in [2.75, 3.05) is 5.32 Å². The van der Waals surface area contributed by atoms with Gasteiger partial charge in [-0.15, -0.1) is 0 Å². The molecule has 0 saturated carbocycles. The van der Waals surface area contributed by atoms with Crippen LogP contribution >= 0.6 is 31.9 Å². The third-order valence-corrected chi connectivity index (χ3v) is 3.87. The maximum absolute atomic E-state index is 10.9. The van der Waals surface area contributed by atoms with E-state index in [0.29, 0.717) is 17.8 Å². The van der Waals surface area contributed by atoms with E-state index in [1.54, 1.807) is 19.2 Å². The van der Waals surface area contributed by atoms with Crippen LogP contribution in [-0.4, -0.2) is 9.91 Å². The van der Waals surface area contributed by atoms with E-state index in [9.17, 15) is 10.1 Å². The highest BCUT2D eigenvalue weighted by molar-refractivity contribution is 9.11. The second kappa shape index (κ2) is 6.32. The van der Waals surface area contributed by atoms with Gasteiger partial charge in [-0.05, 0) is 50.9 Å². The van der Waals surface area contributed by atoms with Crippen molar-refractivity contribution < 1.29 is 4.92 Å². The minimum atomic E-state index is -0.381. The fourth-order valence-corrected chi connectivity index (χ4v) is 2.80. The number of hydrogen-bond acceptors (Lipinski definition) is 4. The van der Waals surface area contributed by atoms with Crippen molar-refractivity contribution in [3.63, 3.8) is 0 Å². The summed E-state index contributed by atoms with van der Waals surface area (Å²) in [5, 5.41) is 14.0. The van der Waals surface area contributed by atoms with E-state index >= 15 is 0 Å². The number of aromatic nitrogens is 1. The van der Waals surface area contributed by atoms with Crippen LogP contribution in [0.1, 0.15) is 11.3 Å². The van der Waals surface area contributed by atoms with E-state index in [1.807, 2.05) is 12.1 Å². The topological polar surface area (TPSA) is 68.1 Å². The van der Waals surface area contributed by atoms with Crippen LogP contribution in [0, 0.1) is 17.0 Å². The maximum atomic E-state index is 10.9. The smallest absolute Gasteiger partial charge is 0.274 e. The SMILES string of the molecule is Cc1ccc(NCc2ncc(Br)cc2Br)cc1[N+](=O)[O-]. The fraction of sp³-hybridized carbons (Fsp3) is 0.154. The van der Waals surface area contributed by atoms with Gasteiger partial charge in [-0.1, -0.05) is 6.07 Å². The first-order chi connectivity index (χ1) is 9.47. The van der Waals surface area contributed by atoms with Gasteiger partial charge in [0, 0.05) is 32.5 Å². The molecule has 7 heteroatoms. The lowest BCUT2D eigenvalue weighted by Crippen LogP contribution is -2.03. The van der Waals surface area contributed by atoms with Gasteiger partial charge >= 0.3 is 0 Å². The zero-order chi connectivity index (χ0) is 14.7. The predicted octanol–water partition coefficient (Wildman–Crippen LogP) is 4.44. The molecule has 104 valence electrons. The summed E-state index contributed by atoms with van der Waals surface area (Å²) in [5.74, 6) is 0. The Kier molecular flexibility index (Phi) is 4.72. The Balaban J connectivity index is 2.15. The zero-order valence-corrected chi connectivity index (χ0v) is 13.7. The van der Waals surface area contributed by atoms with Gasteiger partial charge < -0.3 is 5.32 Å². The lowest BCUT2D eigenvalue weighted by atomic mass is 10.2. The minimum absolute atomic E-state index is 0.109. The van der Waals surface area contributed by atoms with Crippen molar-refractivity contribution in [3.8, 4) is 0 Å². The molecular weight excluding hydrogens is 390 g/mol. The molecule has 0 radical (unpaired) electrons. The van der Waals surface area contributed by atoms with Crippen LogP contribution in [0.4, 0.5) is 11.4 Å². The molecule has 0 atom stereocenters. The van der Waals surface area contributed by atoms with Crippen molar-refractivity contribution in [2.45, 2.75) is 13.5 Å². The first-order valence-electron chi connectivity index (χ1n) is 5.76. The largest absolute Gasteiger partial charge is 0.379 e. The molecule has 0 fully saturated rings. The van der Waals surface area contributed by atoms with Crippen LogP contribution in [-0.2, 0) is 6.54 Å². The third kappa shape index (κ3) is 3.55. The highest BCUT2D eigenvalue weighted by Crippen LogP contribution is 2.24. The average molecular weight is 401 g/mol. The Bertz CT molecular complexity index is 662. The Hall–Kier alpha value is -1.47. The number of pyridine rings is 1. The van der Waals surface area contributed by atoms with Crippen LogP contribution in [0.2, 0.25) is 0 Å². The van der Waals surface area contributed by atoms with Gasteiger partial charge in [0.1, 0.15) is 0 Å². The molecule has 0 aliphatic carbocycles. The Morgan fingerprint density at radius 3 is 2.75 bits per heavy atom. The van der Waals surface area contributed by atoms with E-state index in [0.717, 1.165) is 14.6 Å². The normalized spacial score (nSPS) is 10.3. The second-order valence-electron chi connectivity index (χ2n) is 4.19. The molecule has 20 heavy (non-hydrogen) atoms. The number of halogens is 2. The van der Waals surface area contributed by atoms with Crippen molar-refractivity contribution in [1.29, 1.82) is 0 Å². The first-order valence-corrected chi connectivity index (χ1v) is 7.35. The van der Waals surface area contributed by atoms with Gasteiger partial charge in [-0.2, -0.15) is 0 Å². The van der Waals surface area contributed by atoms with Crippen molar-refractivity contribution in [2.24, 2.45) is 0 Å². The first kappa shape index (κ1) is 14.9. The molecule has 0 aliphatic rings. The number of anilines is 1. The Morgan fingerprint density at radius 2 is 2.10 bits per heavy atom. The van der Waals surface area contributed by atoms with Gasteiger partial charge in [-0.3, -0.25) is 15.1 Å². The number of benzene rings is 1. The number of nitrogens with one attached hydrogen (secondary N) is 1. The van der Waals surface area contributed by atoms with Gasteiger partial charge in [0.05, 0.1) is 17.2 Å². The molecule has 2 aromatic rings. The summed E-state index contributed by atoms with van der Waals surface area (Å²) >= 11 is 6.77. The summed E-state index contributed by atoms with van der Waals surface area (Å²) in [6.07, 6.45) is 1.71. The number of nitro benzene ring substituents is 1. The molecule has 0 aliphatic heterocycles. The molecule has 0 bridgehead atoms. The van der Waals surface area contributed by atoms with E-state index in [1.165, 1.54) is 6.07 Å². The number of hydrogen-bond donors (Lipinski definition) is 1. The van der Waals surface area contributed by atoms with Gasteiger partial charge in [0.25, 0.3) is 5.69 Å². The van der Waals surface area contributed by atoms with Gasteiger partial charge in [-0.25, -0.2) is 0 Å². The average Bonchev–Trinajstić information content (AvgIpc) is 2.39. The molecule has 1 N–H and O–H groups in total. The van der Waals surface area contributed by atoms with Crippen molar-refractivity contribution in [1.82, 2.24) is 4.98 Å². The molecular formula is C13H11Br2N3O2. The lowest BCUT2D eigenvalue weighted by molar-refractivity contribution is -0.385. The third-order valence-electron chi connectivity index (χ3n) is 2.75. The monoisotopic (exact) mass is 399 g/mol. The van der Waals surface area contributed by atoms with Crippen LogP contribution in [0.15, 0.2) is 39.4 Å². The summed E-state index contributed by atoms with van der Waals surface area (Å²) in [5.41, 5.74) is 2.27. The zero-order valence-electron chi connectivity index (χ0n) is 10.6. The lowest BCUT2D eigenvalue weighted by Gasteiger charge is -2.08. The molecule has 0 spiro atoms.